The average molecular weight is 252 g/mol. The van der Waals surface area contributed by atoms with E-state index in [9.17, 15) is 0 Å². The molecule has 1 aromatic rings. The molecule has 0 aliphatic rings. The summed E-state index contributed by atoms with van der Waals surface area (Å²) in [6.45, 7) is 1.81. The second kappa shape index (κ2) is 9.92. The molecule has 3 heteroatoms. The first-order valence-electron chi connectivity index (χ1n) is 6.86. The summed E-state index contributed by atoms with van der Waals surface area (Å²) >= 11 is 0. The van der Waals surface area contributed by atoms with E-state index in [4.69, 9.17) is 9.99 Å². The van der Waals surface area contributed by atoms with Crippen LogP contribution < -0.4 is 4.89 Å². The molecule has 0 aliphatic heterocycles. The van der Waals surface area contributed by atoms with Crippen LogP contribution in [0.2, 0.25) is 0 Å². The van der Waals surface area contributed by atoms with Gasteiger partial charge in [0, 0.05) is 0 Å². The van der Waals surface area contributed by atoms with Crippen LogP contribution in [-0.2, 0) is 11.3 Å². The zero-order chi connectivity index (χ0) is 13.1. The first kappa shape index (κ1) is 15.0. The zero-order valence-electron chi connectivity index (χ0n) is 11.2. The zero-order valence-corrected chi connectivity index (χ0v) is 11.2. The summed E-state index contributed by atoms with van der Waals surface area (Å²) < 4.78 is 0. The van der Waals surface area contributed by atoms with Crippen LogP contribution in [-0.4, -0.2) is 11.9 Å². The van der Waals surface area contributed by atoms with Gasteiger partial charge in [-0.25, -0.2) is 0 Å². The Morgan fingerprint density at radius 1 is 1.00 bits per heavy atom. The molecule has 0 atom stereocenters. The van der Waals surface area contributed by atoms with Gasteiger partial charge in [0.25, 0.3) is 0 Å². The molecule has 0 radical (unpaired) electrons. The lowest BCUT2D eigenvalue weighted by atomic mass is 10.0. The molecular weight excluding hydrogens is 228 g/mol. The maximum absolute atomic E-state index is 8.57. The van der Waals surface area contributed by atoms with E-state index < -0.39 is 6.79 Å². The van der Waals surface area contributed by atoms with Crippen molar-refractivity contribution in [3.63, 3.8) is 0 Å². The predicted octanol–water partition coefficient (Wildman–Crippen LogP) is 3.85. The number of aliphatic hydroxyl groups excluding tert-OH is 1. The fourth-order valence-electron chi connectivity index (χ4n) is 1.98. The van der Waals surface area contributed by atoms with Gasteiger partial charge in [0.15, 0.2) is 12.5 Å². The van der Waals surface area contributed by atoms with Crippen molar-refractivity contribution in [3.05, 3.63) is 29.8 Å². The molecule has 1 rings (SSSR count). The molecule has 1 aromatic carbocycles. The van der Waals surface area contributed by atoms with Crippen LogP contribution in [0.3, 0.4) is 0 Å². The maximum Gasteiger partial charge on any atom is 0.189 e. The molecule has 0 spiro atoms. The van der Waals surface area contributed by atoms with E-state index in [1.807, 2.05) is 24.3 Å². The third-order valence-corrected chi connectivity index (χ3v) is 2.97. The summed E-state index contributed by atoms with van der Waals surface area (Å²) in [5.74, 6) is 0.708. The minimum absolute atomic E-state index is 0.425. The van der Waals surface area contributed by atoms with Gasteiger partial charge in [-0.1, -0.05) is 57.2 Å². The van der Waals surface area contributed by atoms with E-state index in [2.05, 4.69) is 11.8 Å². The monoisotopic (exact) mass is 252 g/mol. The molecule has 0 fully saturated rings. The van der Waals surface area contributed by atoms with E-state index in [0.717, 1.165) is 12.0 Å². The Labute approximate surface area is 110 Å². The Hall–Kier alpha value is -1.06. The van der Waals surface area contributed by atoms with Gasteiger partial charge in [0.1, 0.15) is 0 Å². The topological polar surface area (TPSA) is 38.7 Å². The highest BCUT2D eigenvalue weighted by Gasteiger charge is 2.03. The molecule has 3 nitrogen and oxygen atoms in total. The van der Waals surface area contributed by atoms with Crippen LogP contribution in [0.15, 0.2) is 24.3 Å². The van der Waals surface area contributed by atoms with Crippen LogP contribution in [0, 0.1) is 0 Å². The molecular formula is C15H24O3. The fourth-order valence-corrected chi connectivity index (χ4v) is 1.98. The van der Waals surface area contributed by atoms with E-state index >= 15 is 0 Å². The molecule has 0 aromatic heterocycles. The minimum Gasteiger partial charge on any atom is -0.367 e. The SMILES string of the molecule is CCCCCCCCc1ccccc1OOCO. The number of rotatable bonds is 10. The predicted molar refractivity (Wildman–Crippen MR) is 72.3 cm³/mol. The summed E-state index contributed by atoms with van der Waals surface area (Å²) in [6, 6.07) is 7.81. The Morgan fingerprint density at radius 2 is 1.72 bits per heavy atom. The van der Waals surface area contributed by atoms with Gasteiger partial charge >= 0.3 is 0 Å². The second-order valence-electron chi connectivity index (χ2n) is 4.46. The summed E-state index contributed by atoms with van der Waals surface area (Å²) in [5.41, 5.74) is 1.14. The molecule has 0 heterocycles. The van der Waals surface area contributed by atoms with Crippen molar-refractivity contribution in [1.29, 1.82) is 0 Å². The van der Waals surface area contributed by atoms with Crippen LogP contribution in [0.4, 0.5) is 0 Å². The third-order valence-electron chi connectivity index (χ3n) is 2.97. The average Bonchev–Trinajstić information content (AvgIpc) is 2.41. The van der Waals surface area contributed by atoms with Crippen molar-refractivity contribution >= 4 is 0 Å². The summed E-state index contributed by atoms with van der Waals surface area (Å²) in [5, 5.41) is 8.57. The largest absolute Gasteiger partial charge is 0.367 e. The number of benzene rings is 1. The number of aliphatic hydroxyl groups is 1. The number of para-hydroxylation sites is 1. The maximum atomic E-state index is 8.57. The van der Waals surface area contributed by atoms with Crippen LogP contribution in [0.5, 0.6) is 5.75 Å². The van der Waals surface area contributed by atoms with Gasteiger partial charge in [-0.15, -0.1) is 0 Å². The molecule has 102 valence electrons. The molecule has 0 aliphatic carbocycles. The van der Waals surface area contributed by atoms with E-state index in [-0.39, 0.29) is 0 Å². The lowest BCUT2D eigenvalue weighted by Gasteiger charge is -2.08. The van der Waals surface area contributed by atoms with E-state index in [1.165, 1.54) is 38.5 Å². The van der Waals surface area contributed by atoms with Gasteiger partial charge in [0.05, 0.1) is 0 Å². The van der Waals surface area contributed by atoms with Gasteiger partial charge in [-0.2, -0.15) is 4.89 Å². The Morgan fingerprint density at radius 3 is 2.50 bits per heavy atom. The first-order valence-corrected chi connectivity index (χ1v) is 6.86. The normalized spacial score (nSPS) is 10.6. The van der Waals surface area contributed by atoms with Gasteiger partial charge in [-0.3, -0.25) is 0 Å². The van der Waals surface area contributed by atoms with E-state index in [1.54, 1.807) is 0 Å². The summed E-state index contributed by atoms with van der Waals surface area (Å²) in [6.07, 6.45) is 8.70. The van der Waals surface area contributed by atoms with Crippen molar-refractivity contribution in [2.45, 2.75) is 51.9 Å². The Balaban J connectivity index is 2.27. The number of hydrogen-bond acceptors (Lipinski definition) is 3. The number of unbranched alkanes of at least 4 members (excludes halogenated alkanes) is 5. The highest BCUT2D eigenvalue weighted by atomic mass is 17.2. The fraction of sp³-hybridized carbons (Fsp3) is 0.600. The molecule has 0 saturated carbocycles. The van der Waals surface area contributed by atoms with Gasteiger partial charge in [0.2, 0.25) is 0 Å². The van der Waals surface area contributed by atoms with Crippen LogP contribution >= 0.6 is 0 Å². The molecule has 1 N–H and O–H groups in total. The van der Waals surface area contributed by atoms with Crippen molar-refractivity contribution in [3.8, 4) is 5.75 Å². The van der Waals surface area contributed by atoms with Crippen molar-refractivity contribution < 1.29 is 14.9 Å². The minimum atomic E-state index is -0.425. The van der Waals surface area contributed by atoms with E-state index in [0.29, 0.717) is 5.75 Å². The van der Waals surface area contributed by atoms with Crippen molar-refractivity contribution in [1.82, 2.24) is 0 Å². The van der Waals surface area contributed by atoms with Crippen molar-refractivity contribution in [2.75, 3.05) is 6.79 Å². The van der Waals surface area contributed by atoms with Crippen LogP contribution in [0.25, 0.3) is 0 Å². The van der Waals surface area contributed by atoms with Crippen LogP contribution in [0.1, 0.15) is 51.0 Å². The second-order valence-corrected chi connectivity index (χ2v) is 4.46. The molecule has 0 unspecified atom stereocenters. The standard InChI is InChI=1S/C15H24O3/c1-2-3-4-5-6-7-10-14-11-8-9-12-15(14)18-17-13-16/h8-9,11-12,16H,2-7,10,13H2,1H3. The molecule has 18 heavy (non-hydrogen) atoms. The van der Waals surface area contributed by atoms with Gasteiger partial charge < -0.3 is 9.99 Å². The smallest absolute Gasteiger partial charge is 0.189 e. The Bertz CT molecular complexity index is 312. The number of hydrogen-bond donors (Lipinski definition) is 1. The highest BCUT2D eigenvalue weighted by molar-refractivity contribution is 5.32. The highest BCUT2D eigenvalue weighted by Crippen LogP contribution is 2.20. The molecule has 0 bridgehead atoms. The molecule has 0 saturated heterocycles. The lowest BCUT2D eigenvalue weighted by molar-refractivity contribution is -0.253. The molecule has 0 amide bonds. The van der Waals surface area contributed by atoms with Crippen molar-refractivity contribution in [2.24, 2.45) is 0 Å². The number of aryl methyl sites for hydroxylation is 1. The van der Waals surface area contributed by atoms with Gasteiger partial charge in [-0.05, 0) is 24.5 Å². The lowest BCUT2D eigenvalue weighted by Crippen LogP contribution is -2.00. The first-order chi connectivity index (χ1) is 8.88. The Kier molecular flexibility index (Phi) is 8.26. The summed E-state index contributed by atoms with van der Waals surface area (Å²) in [7, 11) is 0. The third kappa shape index (κ3) is 6.03. The quantitative estimate of drug-likeness (QED) is 0.297. The summed E-state index contributed by atoms with van der Waals surface area (Å²) in [4.78, 5) is 9.61.